The van der Waals surface area contributed by atoms with Gasteiger partial charge in [-0.3, -0.25) is 9.59 Å². The first-order chi connectivity index (χ1) is 8.21. The zero-order valence-corrected chi connectivity index (χ0v) is 10.9. The molecule has 4 nitrogen and oxygen atoms in total. The predicted octanol–water partition coefficient (Wildman–Crippen LogP) is 2.24. The molecule has 0 unspecified atom stereocenters. The molecule has 0 spiro atoms. The van der Waals surface area contributed by atoms with Crippen molar-refractivity contribution in [1.29, 1.82) is 0 Å². The van der Waals surface area contributed by atoms with Crippen molar-refractivity contribution in [2.75, 3.05) is 0 Å². The highest BCUT2D eigenvalue weighted by atomic mass is 16.4. The Bertz CT molecular complexity index is 469. The van der Waals surface area contributed by atoms with Gasteiger partial charge in [0, 0.05) is 0 Å². The Morgan fingerprint density at radius 2 is 1.61 bits per heavy atom. The lowest BCUT2D eigenvalue weighted by Gasteiger charge is -2.24. The van der Waals surface area contributed by atoms with Crippen LogP contribution in [0.15, 0.2) is 18.2 Å². The average molecular weight is 250 g/mol. The number of carboxylic acids is 2. The molecule has 0 atom stereocenters. The maximum absolute atomic E-state index is 10.9. The van der Waals surface area contributed by atoms with Crippen molar-refractivity contribution in [1.82, 2.24) is 0 Å². The van der Waals surface area contributed by atoms with Crippen LogP contribution >= 0.6 is 0 Å². The quantitative estimate of drug-likeness (QED) is 0.859. The molecule has 0 fully saturated rings. The Kier molecular flexibility index (Phi) is 4.11. The lowest BCUT2D eigenvalue weighted by Crippen LogP contribution is -2.18. The van der Waals surface area contributed by atoms with Gasteiger partial charge in [0.15, 0.2) is 0 Å². The van der Waals surface area contributed by atoms with Gasteiger partial charge < -0.3 is 10.2 Å². The molecule has 1 rings (SSSR count). The minimum atomic E-state index is -0.951. The van der Waals surface area contributed by atoms with Gasteiger partial charge in [-0.2, -0.15) is 0 Å². The first-order valence-electron chi connectivity index (χ1n) is 5.76. The summed E-state index contributed by atoms with van der Waals surface area (Å²) in [5.74, 6) is -1.90. The molecule has 0 saturated carbocycles. The molecule has 0 radical (unpaired) electrons. The highest BCUT2D eigenvalue weighted by Gasteiger charge is 2.22. The number of rotatable bonds is 4. The molecule has 0 heterocycles. The fourth-order valence-corrected chi connectivity index (χ4v) is 2.03. The summed E-state index contributed by atoms with van der Waals surface area (Å²) in [6.07, 6.45) is -0.289. The molecule has 0 aromatic heterocycles. The van der Waals surface area contributed by atoms with Gasteiger partial charge in [-0.15, -0.1) is 0 Å². The van der Waals surface area contributed by atoms with E-state index in [0.717, 1.165) is 5.56 Å². The standard InChI is InChI=1S/C14H18O4/c1-14(2,3)11-6-4-5-9(7-12(15)16)10(11)8-13(17)18/h4-6H,7-8H2,1-3H3,(H,15,16)(H,17,18). The Hall–Kier alpha value is -1.84. The van der Waals surface area contributed by atoms with E-state index in [2.05, 4.69) is 0 Å². The fraction of sp³-hybridized carbons (Fsp3) is 0.429. The van der Waals surface area contributed by atoms with E-state index in [1.165, 1.54) is 0 Å². The van der Waals surface area contributed by atoms with Crippen LogP contribution in [0.4, 0.5) is 0 Å². The molecule has 4 heteroatoms. The van der Waals surface area contributed by atoms with Gasteiger partial charge in [0.25, 0.3) is 0 Å². The molecule has 2 N–H and O–H groups in total. The number of carboxylic acid groups (broad SMARTS) is 2. The van der Waals surface area contributed by atoms with E-state index in [9.17, 15) is 9.59 Å². The van der Waals surface area contributed by atoms with Crippen LogP contribution in [0, 0.1) is 0 Å². The number of hydrogen-bond donors (Lipinski definition) is 2. The maximum Gasteiger partial charge on any atom is 0.307 e. The largest absolute Gasteiger partial charge is 0.481 e. The normalized spacial score (nSPS) is 11.3. The van der Waals surface area contributed by atoms with Crippen LogP contribution in [0.5, 0.6) is 0 Å². The lowest BCUT2D eigenvalue weighted by atomic mass is 9.80. The monoisotopic (exact) mass is 250 g/mol. The second kappa shape index (κ2) is 5.21. The summed E-state index contributed by atoms with van der Waals surface area (Å²) in [5, 5.41) is 17.8. The van der Waals surface area contributed by atoms with Crippen molar-refractivity contribution in [3.8, 4) is 0 Å². The summed E-state index contributed by atoms with van der Waals surface area (Å²) in [7, 11) is 0. The van der Waals surface area contributed by atoms with Crippen LogP contribution in [0.25, 0.3) is 0 Å². The Morgan fingerprint density at radius 3 is 2.06 bits per heavy atom. The van der Waals surface area contributed by atoms with E-state index in [1.807, 2.05) is 26.8 Å². The third-order valence-corrected chi connectivity index (χ3v) is 2.75. The average Bonchev–Trinajstić information content (AvgIpc) is 2.17. The number of hydrogen-bond acceptors (Lipinski definition) is 2. The summed E-state index contributed by atoms with van der Waals surface area (Å²) in [5.41, 5.74) is 1.89. The van der Waals surface area contributed by atoms with Gasteiger partial charge in [-0.1, -0.05) is 39.0 Å². The number of benzene rings is 1. The van der Waals surface area contributed by atoms with Gasteiger partial charge in [0.1, 0.15) is 0 Å². The predicted molar refractivity (Wildman–Crippen MR) is 67.8 cm³/mol. The summed E-state index contributed by atoms with van der Waals surface area (Å²) in [6, 6.07) is 5.33. The summed E-state index contributed by atoms with van der Waals surface area (Å²) >= 11 is 0. The van der Waals surface area contributed by atoms with E-state index in [1.54, 1.807) is 12.1 Å². The second-order valence-electron chi connectivity index (χ2n) is 5.33. The van der Waals surface area contributed by atoms with E-state index in [-0.39, 0.29) is 18.3 Å². The third kappa shape index (κ3) is 3.58. The first kappa shape index (κ1) is 14.2. The molecular weight excluding hydrogens is 232 g/mol. The molecule has 98 valence electrons. The van der Waals surface area contributed by atoms with Crippen LogP contribution in [-0.2, 0) is 27.8 Å². The van der Waals surface area contributed by atoms with Crippen LogP contribution in [0.1, 0.15) is 37.5 Å². The SMILES string of the molecule is CC(C)(C)c1cccc(CC(=O)O)c1CC(=O)O. The first-order valence-corrected chi connectivity index (χ1v) is 5.76. The maximum atomic E-state index is 10.9. The van der Waals surface area contributed by atoms with E-state index in [0.29, 0.717) is 11.1 Å². The molecule has 0 aliphatic carbocycles. The Morgan fingerprint density at radius 1 is 1.06 bits per heavy atom. The number of carbonyl (C=O) groups is 2. The summed E-state index contributed by atoms with van der Waals surface area (Å²) < 4.78 is 0. The van der Waals surface area contributed by atoms with Crippen molar-refractivity contribution in [3.63, 3.8) is 0 Å². The lowest BCUT2D eigenvalue weighted by molar-refractivity contribution is -0.137. The molecule has 0 aliphatic rings. The zero-order valence-electron chi connectivity index (χ0n) is 10.9. The minimum absolute atomic E-state index is 0.143. The van der Waals surface area contributed by atoms with E-state index >= 15 is 0 Å². The molecular formula is C14H18O4. The van der Waals surface area contributed by atoms with Crippen LogP contribution in [0.2, 0.25) is 0 Å². The molecule has 1 aromatic carbocycles. The molecule has 0 aliphatic heterocycles. The molecule has 0 saturated heterocycles. The van der Waals surface area contributed by atoms with Gasteiger partial charge in [-0.05, 0) is 22.1 Å². The molecule has 1 aromatic rings. The van der Waals surface area contributed by atoms with Gasteiger partial charge >= 0.3 is 11.9 Å². The third-order valence-electron chi connectivity index (χ3n) is 2.75. The molecule has 0 amide bonds. The van der Waals surface area contributed by atoms with Crippen LogP contribution < -0.4 is 0 Å². The molecule has 18 heavy (non-hydrogen) atoms. The van der Waals surface area contributed by atoms with E-state index < -0.39 is 11.9 Å². The number of aliphatic carboxylic acids is 2. The van der Waals surface area contributed by atoms with Crippen molar-refractivity contribution in [3.05, 3.63) is 34.9 Å². The smallest absolute Gasteiger partial charge is 0.307 e. The van der Waals surface area contributed by atoms with Gasteiger partial charge in [0.05, 0.1) is 12.8 Å². The Labute approximate surface area is 106 Å². The Balaban J connectivity index is 3.34. The van der Waals surface area contributed by atoms with E-state index in [4.69, 9.17) is 10.2 Å². The summed E-state index contributed by atoms with van der Waals surface area (Å²) in [4.78, 5) is 21.8. The second-order valence-corrected chi connectivity index (χ2v) is 5.33. The zero-order chi connectivity index (χ0) is 13.9. The van der Waals surface area contributed by atoms with Crippen molar-refractivity contribution >= 4 is 11.9 Å². The highest BCUT2D eigenvalue weighted by Crippen LogP contribution is 2.28. The van der Waals surface area contributed by atoms with Gasteiger partial charge in [-0.25, -0.2) is 0 Å². The highest BCUT2D eigenvalue weighted by molar-refractivity contribution is 5.75. The minimum Gasteiger partial charge on any atom is -0.481 e. The van der Waals surface area contributed by atoms with Crippen molar-refractivity contribution in [2.45, 2.75) is 39.0 Å². The van der Waals surface area contributed by atoms with Crippen LogP contribution in [0.3, 0.4) is 0 Å². The van der Waals surface area contributed by atoms with Gasteiger partial charge in [0.2, 0.25) is 0 Å². The summed E-state index contributed by atoms with van der Waals surface area (Å²) in [6.45, 7) is 5.95. The van der Waals surface area contributed by atoms with Crippen molar-refractivity contribution < 1.29 is 19.8 Å². The molecule has 0 bridgehead atoms. The fourth-order valence-electron chi connectivity index (χ4n) is 2.03. The van der Waals surface area contributed by atoms with Crippen LogP contribution in [-0.4, -0.2) is 22.2 Å². The van der Waals surface area contributed by atoms with Crippen molar-refractivity contribution in [2.24, 2.45) is 0 Å². The topological polar surface area (TPSA) is 74.6 Å².